The standard InChI is InChI=1S/C8H16F2N2O/c1-12-3-6(7(11)4-12)8(9,10)5-13-2/h6-7H,3-5,11H2,1-2H3. The van der Waals surface area contributed by atoms with E-state index >= 15 is 0 Å². The molecule has 0 aliphatic carbocycles. The summed E-state index contributed by atoms with van der Waals surface area (Å²) in [5, 5.41) is 0. The largest absolute Gasteiger partial charge is 0.378 e. The zero-order valence-corrected chi connectivity index (χ0v) is 7.96. The number of likely N-dealkylation sites (N-methyl/N-ethyl adjacent to an activating group) is 1. The van der Waals surface area contributed by atoms with Crippen LogP contribution in [0.15, 0.2) is 0 Å². The molecule has 0 aromatic rings. The van der Waals surface area contributed by atoms with Gasteiger partial charge in [-0.2, -0.15) is 0 Å². The zero-order chi connectivity index (χ0) is 10.1. The van der Waals surface area contributed by atoms with E-state index in [1.165, 1.54) is 7.11 Å². The smallest absolute Gasteiger partial charge is 0.276 e. The van der Waals surface area contributed by atoms with E-state index < -0.39 is 24.5 Å². The highest BCUT2D eigenvalue weighted by atomic mass is 19.3. The maximum absolute atomic E-state index is 13.3. The molecule has 2 N–H and O–H groups in total. The quantitative estimate of drug-likeness (QED) is 0.695. The second-order valence-electron chi connectivity index (χ2n) is 3.69. The van der Waals surface area contributed by atoms with Crippen molar-refractivity contribution >= 4 is 0 Å². The Labute approximate surface area is 76.8 Å². The molecular weight excluding hydrogens is 178 g/mol. The topological polar surface area (TPSA) is 38.5 Å². The predicted molar refractivity (Wildman–Crippen MR) is 45.8 cm³/mol. The van der Waals surface area contributed by atoms with Crippen LogP contribution in [0.25, 0.3) is 0 Å². The number of methoxy groups -OCH3 is 1. The fourth-order valence-electron chi connectivity index (χ4n) is 1.78. The van der Waals surface area contributed by atoms with Crippen molar-refractivity contribution in [2.24, 2.45) is 11.7 Å². The average molecular weight is 194 g/mol. The van der Waals surface area contributed by atoms with Crippen molar-refractivity contribution in [3.63, 3.8) is 0 Å². The average Bonchev–Trinajstić information content (AvgIpc) is 2.30. The first-order valence-electron chi connectivity index (χ1n) is 4.28. The maximum atomic E-state index is 13.3. The number of likely N-dealkylation sites (tertiary alicyclic amines) is 1. The Morgan fingerprint density at radius 2 is 2.15 bits per heavy atom. The van der Waals surface area contributed by atoms with E-state index in [9.17, 15) is 8.78 Å². The molecule has 1 fully saturated rings. The Morgan fingerprint density at radius 3 is 2.54 bits per heavy atom. The van der Waals surface area contributed by atoms with Gasteiger partial charge in [-0.3, -0.25) is 0 Å². The van der Waals surface area contributed by atoms with Gasteiger partial charge >= 0.3 is 0 Å². The van der Waals surface area contributed by atoms with Crippen LogP contribution in [0.2, 0.25) is 0 Å². The fraction of sp³-hybridized carbons (Fsp3) is 1.00. The first-order valence-corrected chi connectivity index (χ1v) is 4.28. The van der Waals surface area contributed by atoms with Crippen LogP contribution in [0, 0.1) is 5.92 Å². The molecule has 2 atom stereocenters. The molecule has 0 radical (unpaired) electrons. The van der Waals surface area contributed by atoms with E-state index in [0.29, 0.717) is 13.1 Å². The Hall–Kier alpha value is -0.260. The van der Waals surface area contributed by atoms with E-state index in [-0.39, 0.29) is 0 Å². The first kappa shape index (κ1) is 10.8. The molecule has 1 heterocycles. The van der Waals surface area contributed by atoms with Gasteiger partial charge in [0.15, 0.2) is 0 Å². The van der Waals surface area contributed by atoms with Crippen molar-refractivity contribution < 1.29 is 13.5 Å². The Balaban J connectivity index is 2.60. The molecule has 3 nitrogen and oxygen atoms in total. The highest BCUT2D eigenvalue weighted by Gasteiger charge is 2.46. The van der Waals surface area contributed by atoms with Crippen LogP contribution in [-0.4, -0.2) is 50.7 Å². The lowest BCUT2D eigenvalue weighted by Gasteiger charge is -2.24. The minimum absolute atomic E-state index is 0.345. The number of ether oxygens (including phenoxy) is 1. The molecular formula is C8H16F2N2O. The van der Waals surface area contributed by atoms with Crippen molar-refractivity contribution in [1.82, 2.24) is 4.90 Å². The molecule has 13 heavy (non-hydrogen) atoms. The minimum Gasteiger partial charge on any atom is -0.378 e. The lowest BCUT2D eigenvalue weighted by Crippen LogP contribution is -2.43. The van der Waals surface area contributed by atoms with Gasteiger partial charge in [0.2, 0.25) is 0 Å². The summed E-state index contributed by atoms with van der Waals surface area (Å²) in [6.07, 6.45) is 0. The van der Waals surface area contributed by atoms with Crippen molar-refractivity contribution in [3.8, 4) is 0 Å². The van der Waals surface area contributed by atoms with Gasteiger partial charge in [-0.25, -0.2) is 8.78 Å². The molecule has 5 heteroatoms. The predicted octanol–water partition coefficient (Wildman–Crippen LogP) is 0.157. The highest BCUT2D eigenvalue weighted by molar-refractivity contribution is 4.93. The van der Waals surface area contributed by atoms with E-state index in [4.69, 9.17) is 5.73 Å². The summed E-state index contributed by atoms with van der Waals surface area (Å²) in [4.78, 5) is 1.82. The normalized spacial score (nSPS) is 31.2. The third-order valence-electron chi connectivity index (χ3n) is 2.43. The van der Waals surface area contributed by atoms with Crippen LogP contribution in [0.5, 0.6) is 0 Å². The summed E-state index contributed by atoms with van der Waals surface area (Å²) in [7, 11) is 3.07. The van der Waals surface area contributed by atoms with Crippen LogP contribution in [0.3, 0.4) is 0 Å². The summed E-state index contributed by atoms with van der Waals surface area (Å²) in [6, 6.07) is -0.449. The molecule has 1 aliphatic heterocycles. The van der Waals surface area contributed by atoms with E-state index in [2.05, 4.69) is 4.74 Å². The van der Waals surface area contributed by atoms with Crippen molar-refractivity contribution in [3.05, 3.63) is 0 Å². The molecule has 0 aromatic carbocycles. The van der Waals surface area contributed by atoms with Gasteiger partial charge in [0.1, 0.15) is 6.61 Å². The molecule has 0 spiro atoms. The minimum atomic E-state index is -2.81. The number of halogens is 2. The third-order valence-corrected chi connectivity index (χ3v) is 2.43. The number of alkyl halides is 2. The first-order chi connectivity index (χ1) is 5.97. The summed E-state index contributed by atoms with van der Waals surface area (Å²) in [6.45, 7) is 0.334. The van der Waals surface area contributed by atoms with E-state index in [1.54, 1.807) is 7.05 Å². The molecule has 0 amide bonds. The van der Waals surface area contributed by atoms with Crippen LogP contribution in [0.4, 0.5) is 8.78 Å². The van der Waals surface area contributed by atoms with Gasteiger partial charge in [-0.05, 0) is 7.05 Å². The Kier molecular flexibility index (Phi) is 3.21. The lowest BCUT2D eigenvalue weighted by atomic mass is 9.97. The number of rotatable bonds is 3. The van der Waals surface area contributed by atoms with Gasteiger partial charge in [0.25, 0.3) is 5.92 Å². The van der Waals surface area contributed by atoms with Crippen molar-refractivity contribution in [2.75, 3.05) is 33.9 Å². The van der Waals surface area contributed by atoms with Gasteiger partial charge in [-0.1, -0.05) is 0 Å². The van der Waals surface area contributed by atoms with Gasteiger partial charge in [0.05, 0.1) is 5.92 Å². The summed E-state index contributed by atoms with van der Waals surface area (Å²) in [5.41, 5.74) is 5.61. The van der Waals surface area contributed by atoms with E-state index in [0.717, 1.165) is 0 Å². The van der Waals surface area contributed by atoms with Gasteiger partial charge < -0.3 is 15.4 Å². The molecule has 0 bridgehead atoms. The maximum Gasteiger partial charge on any atom is 0.276 e. The molecule has 78 valence electrons. The molecule has 1 rings (SSSR count). The summed E-state index contributed by atoms with van der Waals surface area (Å²) < 4.78 is 31.1. The van der Waals surface area contributed by atoms with Crippen LogP contribution >= 0.6 is 0 Å². The lowest BCUT2D eigenvalue weighted by molar-refractivity contribution is -0.107. The zero-order valence-electron chi connectivity index (χ0n) is 7.96. The molecule has 2 unspecified atom stereocenters. The monoisotopic (exact) mass is 194 g/mol. The number of nitrogens with zero attached hydrogens (tertiary/aromatic N) is 1. The molecule has 1 saturated heterocycles. The van der Waals surface area contributed by atoms with Gasteiger partial charge in [-0.15, -0.1) is 0 Å². The second kappa shape index (κ2) is 3.86. The fourth-order valence-corrected chi connectivity index (χ4v) is 1.78. The van der Waals surface area contributed by atoms with E-state index in [1.807, 2.05) is 4.90 Å². The SMILES string of the molecule is COCC(F)(F)C1CN(C)CC1N. The molecule has 0 saturated carbocycles. The van der Waals surface area contributed by atoms with Crippen molar-refractivity contribution in [2.45, 2.75) is 12.0 Å². The Morgan fingerprint density at radius 1 is 1.54 bits per heavy atom. The molecule has 1 aliphatic rings. The third kappa shape index (κ3) is 2.36. The van der Waals surface area contributed by atoms with Crippen LogP contribution < -0.4 is 5.73 Å². The number of nitrogens with two attached hydrogens (primary N) is 1. The molecule has 0 aromatic heterocycles. The number of hydrogen-bond acceptors (Lipinski definition) is 3. The number of hydrogen-bond donors (Lipinski definition) is 1. The Bertz CT molecular complexity index is 178. The van der Waals surface area contributed by atoms with Crippen LogP contribution in [0.1, 0.15) is 0 Å². The van der Waals surface area contributed by atoms with Crippen molar-refractivity contribution in [1.29, 1.82) is 0 Å². The highest BCUT2D eigenvalue weighted by Crippen LogP contribution is 2.31. The summed E-state index contributed by atoms with van der Waals surface area (Å²) >= 11 is 0. The van der Waals surface area contributed by atoms with Crippen LogP contribution in [-0.2, 0) is 4.74 Å². The van der Waals surface area contributed by atoms with Gasteiger partial charge in [0, 0.05) is 26.2 Å². The second-order valence-corrected chi connectivity index (χ2v) is 3.69. The summed E-state index contributed by atoms with van der Waals surface area (Å²) in [5.74, 6) is -3.59.